The molecule has 1 atom stereocenters. The zero-order valence-electron chi connectivity index (χ0n) is 15.2. The number of benzene rings is 2. The van der Waals surface area contributed by atoms with E-state index in [1.165, 1.54) is 0 Å². The van der Waals surface area contributed by atoms with E-state index < -0.39 is 5.92 Å². The lowest BCUT2D eigenvalue weighted by molar-refractivity contribution is -0.122. The number of hydrogen-bond acceptors (Lipinski definition) is 5. The van der Waals surface area contributed by atoms with Crippen molar-refractivity contribution in [2.45, 2.75) is 6.42 Å². The minimum Gasteiger partial charge on any atom is -0.495 e. The highest BCUT2D eigenvalue weighted by molar-refractivity contribution is 6.04. The molecule has 27 heavy (non-hydrogen) atoms. The summed E-state index contributed by atoms with van der Waals surface area (Å²) < 4.78 is 10.7. The van der Waals surface area contributed by atoms with E-state index in [0.29, 0.717) is 42.6 Å². The fourth-order valence-electron chi connectivity index (χ4n) is 3.02. The molecular formula is C20H23N3O4. The highest BCUT2D eigenvalue weighted by Crippen LogP contribution is 2.33. The molecule has 0 spiro atoms. The van der Waals surface area contributed by atoms with Crippen LogP contribution < -0.4 is 25.4 Å². The van der Waals surface area contributed by atoms with Crippen LogP contribution in [-0.4, -0.2) is 38.6 Å². The first-order valence-corrected chi connectivity index (χ1v) is 8.79. The fourth-order valence-corrected chi connectivity index (χ4v) is 3.02. The average Bonchev–Trinajstić information content (AvgIpc) is 3.09. The maximum absolute atomic E-state index is 12.6. The second kappa shape index (κ2) is 8.55. The summed E-state index contributed by atoms with van der Waals surface area (Å²) in [5, 5.41) is 2.86. The molecule has 1 saturated heterocycles. The summed E-state index contributed by atoms with van der Waals surface area (Å²) in [6.45, 7) is 1.20. The Morgan fingerprint density at radius 2 is 1.96 bits per heavy atom. The maximum Gasteiger partial charge on any atom is 0.229 e. The predicted molar refractivity (Wildman–Crippen MR) is 103 cm³/mol. The van der Waals surface area contributed by atoms with Crippen molar-refractivity contribution >= 4 is 23.2 Å². The molecule has 1 unspecified atom stereocenters. The smallest absolute Gasteiger partial charge is 0.229 e. The van der Waals surface area contributed by atoms with Gasteiger partial charge in [0, 0.05) is 25.2 Å². The molecule has 0 aliphatic carbocycles. The molecule has 2 amide bonds. The highest BCUT2D eigenvalue weighted by atomic mass is 16.5. The van der Waals surface area contributed by atoms with Gasteiger partial charge in [-0.15, -0.1) is 0 Å². The van der Waals surface area contributed by atoms with E-state index in [1.54, 1.807) is 42.3 Å². The number of amides is 2. The third kappa shape index (κ3) is 4.38. The zero-order valence-corrected chi connectivity index (χ0v) is 15.2. The number of para-hydroxylation sites is 2. The first kappa shape index (κ1) is 18.7. The van der Waals surface area contributed by atoms with Gasteiger partial charge in [-0.2, -0.15) is 0 Å². The number of nitrogens with zero attached hydrogens (tertiary/aromatic N) is 1. The van der Waals surface area contributed by atoms with Crippen molar-refractivity contribution in [1.29, 1.82) is 0 Å². The van der Waals surface area contributed by atoms with Crippen molar-refractivity contribution in [2.75, 3.05) is 37.0 Å². The van der Waals surface area contributed by atoms with Gasteiger partial charge in [-0.3, -0.25) is 9.59 Å². The molecule has 7 nitrogen and oxygen atoms in total. The SMILES string of the molecule is COc1ccccc1N1CC(C(=O)Nc2ccc(OCCN)cc2)CC1=O. The predicted octanol–water partition coefficient (Wildman–Crippen LogP) is 2.02. The van der Waals surface area contributed by atoms with Crippen LogP contribution in [0.3, 0.4) is 0 Å². The van der Waals surface area contributed by atoms with Crippen molar-refractivity contribution in [3.8, 4) is 11.5 Å². The summed E-state index contributed by atoms with van der Waals surface area (Å²) >= 11 is 0. The number of ether oxygens (including phenoxy) is 2. The van der Waals surface area contributed by atoms with Gasteiger partial charge >= 0.3 is 0 Å². The van der Waals surface area contributed by atoms with Crippen LogP contribution in [0.15, 0.2) is 48.5 Å². The van der Waals surface area contributed by atoms with Crippen LogP contribution in [0.5, 0.6) is 11.5 Å². The summed E-state index contributed by atoms with van der Waals surface area (Å²) in [7, 11) is 1.56. The third-order valence-electron chi connectivity index (χ3n) is 4.38. The molecule has 1 aliphatic rings. The summed E-state index contributed by atoms with van der Waals surface area (Å²) in [6.07, 6.45) is 0.168. The second-order valence-electron chi connectivity index (χ2n) is 6.23. The van der Waals surface area contributed by atoms with Gasteiger partial charge in [0.2, 0.25) is 11.8 Å². The van der Waals surface area contributed by atoms with Crippen molar-refractivity contribution < 1.29 is 19.1 Å². The van der Waals surface area contributed by atoms with Gasteiger partial charge in [-0.25, -0.2) is 0 Å². The van der Waals surface area contributed by atoms with Gasteiger partial charge in [0.25, 0.3) is 0 Å². The Balaban J connectivity index is 1.64. The molecule has 2 aromatic rings. The van der Waals surface area contributed by atoms with Crippen molar-refractivity contribution in [3.05, 3.63) is 48.5 Å². The quantitative estimate of drug-likeness (QED) is 0.779. The Hall–Kier alpha value is -3.06. The average molecular weight is 369 g/mol. The minimum absolute atomic E-state index is 0.0924. The van der Waals surface area contributed by atoms with Crippen LogP contribution in [0.25, 0.3) is 0 Å². The number of rotatable bonds is 7. The normalized spacial score (nSPS) is 16.3. The molecule has 0 saturated carbocycles. The molecule has 1 heterocycles. The van der Waals surface area contributed by atoms with Gasteiger partial charge in [0.1, 0.15) is 18.1 Å². The first-order valence-electron chi connectivity index (χ1n) is 8.79. The number of methoxy groups -OCH3 is 1. The highest BCUT2D eigenvalue weighted by Gasteiger charge is 2.36. The number of hydrogen-bond donors (Lipinski definition) is 2. The molecule has 0 radical (unpaired) electrons. The van der Waals surface area contributed by atoms with Crippen LogP contribution >= 0.6 is 0 Å². The Kier molecular flexibility index (Phi) is 5.93. The van der Waals surface area contributed by atoms with Gasteiger partial charge < -0.3 is 25.4 Å². The molecule has 0 bridgehead atoms. The van der Waals surface area contributed by atoms with E-state index >= 15 is 0 Å². The van der Waals surface area contributed by atoms with Gasteiger partial charge in [0.15, 0.2) is 0 Å². The van der Waals surface area contributed by atoms with E-state index in [0.717, 1.165) is 0 Å². The molecular weight excluding hydrogens is 346 g/mol. The topological polar surface area (TPSA) is 93.9 Å². The Morgan fingerprint density at radius 1 is 1.22 bits per heavy atom. The summed E-state index contributed by atoms with van der Waals surface area (Å²) in [5.74, 6) is 0.606. The maximum atomic E-state index is 12.6. The van der Waals surface area contributed by atoms with Crippen LogP contribution in [0.1, 0.15) is 6.42 Å². The largest absolute Gasteiger partial charge is 0.495 e. The number of anilines is 2. The number of carbonyl (C=O) groups excluding carboxylic acids is 2. The monoisotopic (exact) mass is 369 g/mol. The molecule has 1 aliphatic heterocycles. The lowest BCUT2D eigenvalue weighted by Gasteiger charge is -2.19. The second-order valence-corrected chi connectivity index (χ2v) is 6.23. The third-order valence-corrected chi connectivity index (χ3v) is 4.38. The van der Waals surface area contributed by atoms with E-state index in [2.05, 4.69) is 5.32 Å². The van der Waals surface area contributed by atoms with E-state index in [-0.39, 0.29) is 18.2 Å². The molecule has 3 N–H and O–H groups in total. The van der Waals surface area contributed by atoms with E-state index in [4.69, 9.17) is 15.2 Å². The van der Waals surface area contributed by atoms with Crippen LogP contribution in [0.2, 0.25) is 0 Å². The fraction of sp³-hybridized carbons (Fsp3) is 0.300. The Morgan fingerprint density at radius 3 is 2.67 bits per heavy atom. The zero-order chi connectivity index (χ0) is 19.2. The molecule has 0 aromatic heterocycles. The lowest BCUT2D eigenvalue weighted by Crippen LogP contribution is -2.28. The van der Waals surface area contributed by atoms with Crippen LogP contribution in [0, 0.1) is 5.92 Å². The van der Waals surface area contributed by atoms with Gasteiger partial charge in [0.05, 0.1) is 18.7 Å². The van der Waals surface area contributed by atoms with Gasteiger partial charge in [-0.1, -0.05) is 12.1 Å². The molecule has 3 rings (SSSR count). The van der Waals surface area contributed by atoms with E-state index in [1.807, 2.05) is 18.2 Å². The lowest BCUT2D eigenvalue weighted by atomic mass is 10.1. The molecule has 7 heteroatoms. The summed E-state index contributed by atoms with van der Waals surface area (Å²) in [4.78, 5) is 26.6. The number of carbonyl (C=O) groups is 2. The standard InChI is InChI=1S/C20H23N3O4/c1-26-18-5-3-2-4-17(18)23-13-14(12-19(23)24)20(25)22-15-6-8-16(9-7-15)27-11-10-21/h2-9,14H,10-13,21H2,1H3,(H,22,25). The summed E-state index contributed by atoms with van der Waals surface area (Å²) in [5.41, 5.74) is 6.74. The molecule has 142 valence electrons. The first-order chi connectivity index (χ1) is 13.1. The molecule has 1 fully saturated rings. The number of nitrogens with two attached hydrogens (primary N) is 1. The molecule has 2 aromatic carbocycles. The summed E-state index contributed by atoms with van der Waals surface area (Å²) in [6, 6.07) is 14.4. The Labute approximate surface area is 158 Å². The van der Waals surface area contributed by atoms with Gasteiger partial charge in [-0.05, 0) is 36.4 Å². The van der Waals surface area contributed by atoms with E-state index in [9.17, 15) is 9.59 Å². The van der Waals surface area contributed by atoms with Crippen molar-refractivity contribution in [3.63, 3.8) is 0 Å². The number of nitrogens with one attached hydrogen (secondary N) is 1. The van der Waals surface area contributed by atoms with Crippen molar-refractivity contribution in [1.82, 2.24) is 0 Å². The van der Waals surface area contributed by atoms with Crippen LogP contribution in [0.4, 0.5) is 11.4 Å². The Bertz CT molecular complexity index is 807. The minimum atomic E-state index is -0.421. The van der Waals surface area contributed by atoms with Crippen LogP contribution in [-0.2, 0) is 9.59 Å². The van der Waals surface area contributed by atoms with Crippen molar-refractivity contribution in [2.24, 2.45) is 11.7 Å².